The van der Waals surface area contributed by atoms with Gasteiger partial charge in [0.1, 0.15) is 13.2 Å². The Kier molecular flexibility index (Phi) is 55.3. The molecule has 0 aliphatic rings. The molecule has 0 aromatic heterocycles. The molecule has 1 atom stereocenters. The van der Waals surface area contributed by atoms with Crippen LogP contribution in [0.25, 0.3) is 0 Å². The normalized spacial score (nSPS) is 12.7. The number of unbranched alkanes of at least 4 members (excludes halogenated alkanes) is 28. The van der Waals surface area contributed by atoms with Crippen LogP contribution >= 0.6 is 0 Å². The molecule has 0 aromatic carbocycles. The first kappa shape index (κ1) is 66.6. The van der Waals surface area contributed by atoms with Gasteiger partial charge in [0.25, 0.3) is 0 Å². The highest BCUT2D eigenvalue weighted by Gasteiger charge is 2.19. The topological polar surface area (TPSA) is 78.9 Å². The standard InChI is InChI=1S/C64H110O6/c1-4-7-10-13-16-19-22-24-25-26-27-28-29-30-31-32-33-34-35-36-37-38-39-40-43-45-48-51-54-57-63(66)69-60-61(59-68-62(65)56-53-50-47-44-41-21-18-15-12-9-6-3)70-64(67)58-55-52-49-46-42-23-20-17-14-11-8-5-2/h7,10,15-16,18-19,24-25,27-28,30-31,33-34,61H,4-6,8-9,11-14,17,20-23,26,29,32,35-60H2,1-3H3/b10-7-,18-15-,19-16-,25-24-,28-27-,31-30-,34-33-. The Labute approximate surface area is 433 Å². The fraction of sp³-hybridized carbons (Fsp3) is 0.734. The van der Waals surface area contributed by atoms with E-state index in [9.17, 15) is 14.4 Å². The molecule has 0 spiro atoms. The number of hydrogen-bond donors (Lipinski definition) is 0. The van der Waals surface area contributed by atoms with E-state index in [1.807, 2.05) is 0 Å². The van der Waals surface area contributed by atoms with Crippen LogP contribution in [0.5, 0.6) is 0 Å². The maximum Gasteiger partial charge on any atom is 0.306 e. The first-order valence-corrected chi connectivity index (χ1v) is 29.6. The molecule has 0 N–H and O–H groups in total. The molecule has 0 aromatic rings. The molecule has 0 heterocycles. The molecule has 0 rings (SSSR count). The second-order valence-corrected chi connectivity index (χ2v) is 19.5. The van der Waals surface area contributed by atoms with E-state index in [1.165, 1.54) is 141 Å². The fourth-order valence-electron chi connectivity index (χ4n) is 8.19. The summed E-state index contributed by atoms with van der Waals surface area (Å²) in [6, 6.07) is 0. The highest BCUT2D eigenvalue weighted by Crippen LogP contribution is 2.16. The van der Waals surface area contributed by atoms with Gasteiger partial charge in [0.05, 0.1) is 0 Å². The second kappa shape index (κ2) is 58.2. The van der Waals surface area contributed by atoms with Gasteiger partial charge in [0, 0.05) is 19.3 Å². The Balaban J connectivity index is 4.19. The van der Waals surface area contributed by atoms with Gasteiger partial charge in [0.15, 0.2) is 6.10 Å². The number of carbonyl (C=O) groups is 3. The zero-order valence-corrected chi connectivity index (χ0v) is 46.0. The Morgan fingerprint density at radius 2 is 0.571 bits per heavy atom. The summed E-state index contributed by atoms with van der Waals surface area (Å²) in [7, 11) is 0. The van der Waals surface area contributed by atoms with Crippen molar-refractivity contribution < 1.29 is 28.6 Å². The van der Waals surface area contributed by atoms with Crippen LogP contribution in [-0.2, 0) is 28.6 Å². The smallest absolute Gasteiger partial charge is 0.306 e. The average molecular weight is 976 g/mol. The van der Waals surface area contributed by atoms with Gasteiger partial charge in [-0.3, -0.25) is 14.4 Å². The summed E-state index contributed by atoms with van der Waals surface area (Å²) in [6.07, 6.45) is 75.9. The third-order valence-corrected chi connectivity index (χ3v) is 12.6. The lowest BCUT2D eigenvalue weighted by Gasteiger charge is -2.18. The van der Waals surface area contributed by atoms with Crippen molar-refractivity contribution in [3.05, 3.63) is 85.1 Å². The van der Waals surface area contributed by atoms with Crippen LogP contribution in [0, 0.1) is 0 Å². The molecular formula is C64H110O6. The Bertz CT molecular complexity index is 1350. The molecule has 402 valence electrons. The van der Waals surface area contributed by atoms with Gasteiger partial charge in [0.2, 0.25) is 0 Å². The molecule has 6 heteroatoms. The fourth-order valence-corrected chi connectivity index (χ4v) is 8.19. The summed E-state index contributed by atoms with van der Waals surface area (Å²) in [6.45, 7) is 6.49. The minimum atomic E-state index is -0.778. The van der Waals surface area contributed by atoms with E-state index in [2.05, 4.69) is 106 Å². The van der Waals surface area contributed by atoms with Crippen molar-refractivity contribution in [2.24, 2.45) is 0 Å². The zero-order chi connectivity index (χ0) is 50.7. The molecule has 1 unspecified atom stereocenters. The maximum atomic E-state index is 12.8. The summed E-state index contributed by atoms with van der Waals surface area (Å²) in [5, 5.41) is 0. The summed E-state index contributed by atoms with van der Waals surface area (Å²) in [5.74, 6) is -0.886. The predicted octanol–water partition coefficient (Wildman–Crippen LogP) is 19.9. The van der Waals surface area contributed by atoms with Gasteiger partial charge in [-0.05, 0) is 89.9 Å². The van der Waals surface area contributed by atoms with E-state index in [0.717, 1.165) is 103 Å². The number of allylic oxidation sites excluding steroid dienone is 14. The minimum absolute atomic E-state index is 0.0788. The summed E-state index contributed by atoms with van der Waals surface area (Å²) < 4.78 is 16.8. The number of ether oxygens (including phenoxy) is 3. The lowest BCUT2D eigenvalue weighted by molar-refractivity contribution is -0.167. The summed E-state index contributed by atoms with van der Waals surface area (Å²) in [4.78, 5) is 38.1. The molecule has 0 radical (unpaired) electrons. The average Bonchev–Trinajstić information content (AvgIpc) is 3.36. The maximum absolute atomic E-state index is 12.8. The van der Waals surface area contributed by atoms with Crippen LogP contribution in [0.4, 0.5) is 0 Å². The largest absolute Gasteiger partial charge is 0.462 e. The molecule has 70 heavy (non-hydrogen) atoms. The first-order valence-electron chi connectivity index (χ1n) is 29.6. The Morgan fingerprint density at radius 1 is 0.300 bits per heavy atom. The molecular weight excluding hydrogens is 865 g/mol. The second-order valence-electron chi connectivity index (χ2n) is 19.5. The Morgan fingerprint density at radius 3 is 0.929 bits per heavy atom. The predicted molar refractivity (Wildman–Crippen MR) is 302 cm³/mol. The van der Waals surface area contributed by atoms with Gasteiger partial charge in [-0.2, -0.15) is 0 Å². The number of hydrogen-bond acceptors (Lipinski definition) is 6. The summed E-state index contributed by atoms with van der Waals surface area (Å²) in [5.41, 5.74) is 0. The van der Waals surface area contributed by atoms with Crippen molar-refractivity contribution in [2.45, 2.75) is 290 Å². The van der Waals surface area contributed by atoms with E-state index in [-0.39, 0.29) is 31.1 Å². The highest BCUT2D eigenvalue weighted by molar-refractivity contribution is 5.71. The van der Waals surface area contributed by atoms with Crippen LogP contribution in [0.1, 0.15) is 284 Å². The monoisotopic (exact) mass is 975 g/mol. The van der Waals surface area contributed by atoms with Crippen LogP contribution in [-0.4, -0.2) is 37.2 Å². The lowest BCUT2D eigenvalue weighted by atomic mass is 10.0. The lowest BCUT2D eigenvalue weighted by Crippen LogP contribution is -2.30. The van der Waals surface area contributed by atoms with Gasteiger partial charge in [-0.1, -0.05) is 260 Å². The third kappa shape index (κ3) is 55.5. The van der Waals surface area contributed by atoms with E-state index >= 15 is 0 Å². The van der Waals surface area contributed by atoms with Crippen LogP contribution < -0.4 is 0 Å². The summed E-state index contributed by atoms with van der Waals surface area (Å²) >= 11 is 0. The van der Waals surface area contributed by atoms with Crippen molar-refractivity contribution in [2.75, 3.05) is 13.2 Å². The SMILES string of the molecule is CC/C=C\C/C=C\C/C=C\C/C=C\C/C=C\C/C=C\CCCCCCCCCCCCC(=O)OCC(COC(=O)CCCCCCC/C=C\CCCC)OC(=O)CCCCCCCCCCCCCC. The molecule has 0 bridgehead atoms. The van der Waals surface area contributed by atoms with Gasteiger partial charge >= 0.3 is 17.9 Å². The molecule has 0 saturated heterocycles. The quantitative estimate of drug-likeness (QED) is 0.0261. The highest BCUT2D eigenvalue weighted by atomic mass is 16.6. The van der Waals surface area contributed by atoms with E-state index in [0.29, 0.717) is 19.3 Å². The van der Waals surface area contributed by atoms with Crippen LogP contribution in [0.2, 0.25) is 0 Å². The van der Waals surface area contributed by atoms with Crippen molar-refractivity contribution in [1.82, 2.24) is 0 Å². The van der Waals surface area contributed by atoms with E-state index < -0.39 is 6.10 Å². The van der Waals surface area contributed by atoms with Crippen LogP contribution in [0.15, 0.2) is 85.1 Å². The molecule has 0 aliphatic heterocycles. The van der Waals surface area contributed by atoms with Crippen molar-refractivity contribution in [3.63, 3.8) is 0 Å². The molecule has 0 aliphatic carbocycles. The van der Waals surface area contributed by atoms with Crippen LogP contribution in [0.3, 0.4) is 0 Å². The zero-order valence-electron chi connectivity index (χ0n) is 46.0. The van der Waals surface area contributed by atoms with Gasteiger partial charge in [-0.25, -0.2) is 0 Å². The van der Waals surface area contributed by atoms with E-state index in [4.69, 9.17) is 14.2 Å². The number of rotatable bonds is 53. The van der Waals surface area contributed by atoms with Crippen molar-refractivity contribution in [1.29, 1.82) is 0 Å². The molecule has 0 saturated carbocycles. The third-order valence-electron chi connectivity index (χ3n) is 12.6. The van der Waals surface area contributed by atoms with Gasteiger partial charge < -0.3 is 14.2 Å². The van der Waals surface area contributed by atoms with Gasteiger partial charge in [-0.15, -0.1) is 0 Å². The Hall–Kier alpha value is -3.41. The van der Waals surface area contributed by atoms with Crippen molar-refractivity contribution >= 4 is 17.9 Å². The van der Waals surface area contributed by atoms with Crippen molar-refractivity contribution in [3.8, 4) is 0 Å². The minimum Gasteiger partial charge on any atom is -0.462 e. The first-order chi connectivity index (χ1) is 34.5. The molecule has 0 amide bonds. The number of carbonyl (C=O) groups excluding carboxylic acids is 3. The van der Waals surface area contributed by atoms with E-state index in [1.54, 1.807) is 0 Å². The molecule has 6 nitrogen and oxygen atoms in total. The number of esters is 3. The molecule has 0 fully saturated rings.